The van der Waals surface area contributed by atoms with E-state index in [0.29, 0.717) is 17.8 Å². The molecule has 170 valence electrons. The Morgan fingerprint density at radius 1 is 0.909 bits per heavy atom. The second-order valence-corrected chi connectivity index (χ2v) is 11.5. The number of hydrogen-bond acceptors (Lipinski definition) is 1. The fraction of sp³-hybridized carbons (Fsp3) is 0.484. The van der Waals surface area contributed by atoms with Gasteiger partial charge < -0.3 is 4.74 Å². The first-order valence-electron chi connectivity index (χ1n) is 13.2. The van der Waals surface area contributed by atoms with Crippen LogP contribution in [0.3, 0.4) is 0 Å². The Morgan fingerprint density at radius 3 is 2.70 bits per heavy atom. The molecule has 2 aromatic rings. The van der Waals surface area contributed by atoms with Gasteiger partial charge in [0.2, 0.25) is 0 Å². The van der Waals surface area contributed by atoms with Crippen molar-refractivity contribution in [2.24, 2.45) is 23.7 Å². The first-order chi connectivity index (χ1) is 16.3. The van der Waals surface area contributed by atoms with Crippen molar-refractivity contribution in [1.29, 1.82) is 0 Å². The van der Waals surface area contributed by atoms with Crippen molar-refractivity contribution in [3.05, 3.63) is 88.5 Å². The second-order valence-electron chi connectivity index (χ2n) is 11.0. The van der Waals surface area contributed by atoms with E-state index < -0.39 is 0 Å². The van der Waals surface area contributed by atoms with E-state index >= 15 is 0 Å². The second kappa shape index (κ2) is 7.77. The van der Waals surface area contributed by atoms with Gasteiger partial charge in [-0.2, -0.15) is 0 Å². The number of halogens is 1. The third-order valence-electron chi connectivity index (χ3n) is 9.85. The van der Waals surface area contributed by atoms with Crippen LogP contribution in [0.5, 0.6) is 5.75 Å². The van der Waals surface area contributed by atoms with Crippen LogP contribution in [0.15, 0.2) is 72.3 Å². The van der Waals surface area contributed by atoms with Gasteiger partial charge in [-0.15, -0.1) is 0 Å². The van der Waals surface area contributed by atoms with Crippen LogP contribution in [0.25, 0.3) is 0 Å². The monoisotopic (exact) mass is 456 g/mol. The molecule has 5 aliphatic rings. The van der Waals surface area contributed by atoms with Crippen molar-refractivity contribution in [1.82, 2.24) is 0 Å². The van der Waals surface area contributed by atoms with Crippen molar-refractivity contribution >= 4 is 11.6 Å². The van der Waals surface area contributed by atoms with Crippen LogP contribution < -0.4 is 4.74 Å². The van der Waals surface area contributed by atoms with E-state index in [1.165, 1.54) is 50.5 Å². The van der Waals surface area contributed by atoms with Crippen LogP contribution in [0.1, 0.15) is 68.4 Å². The number of rotatable bonds is 2. The highest BCUT2D eigenvalue weighted by molar-refractivity contribution is 6.30. The molecule has 2 saturated carbocycles. The lowest BCUT2D eigenvalue weighted by atomic mass is 9.51. The van der Waals surface area contributed by atoms with Crippen LogP contribution in [0.2, 0.25) is 5.02 Å². The predicted molar refractivity (Wildman–Crippen MR) is 135 cm³/mol. The van der Waals surface area contributed by atoms with Gasteiger partial charge in [0.05, 0.1) is 0 Å². The fourth-order valence-electron chi connectivity index (χ4n) is 8.96. The van der Waals surface area contributed by atoms with E-state index in [2.05, 4.69) is 60.7 Å². The maximum Gasteiger partial charge on any atom is 0.124 e. The Hall–Kier alpha value is -1.99. The molecule has 0 amide bonds. The molecule has 4 aliphatic carbocycles. The Bertz CT molecular complexity index is 1120. The highest BCUT2D eigenvalue weighted by atomic mass is 35.5. The van der Waals surface area contributed by atoms with Gasteiger partial charge in [-0.25, -0.2) is 0 Å². The van der Waals surface area contributed by atoms with Gasteiger partial charge in [0.15, 0.2) is 0 Å². The predicted octanol–water partition coefficient (Wildman–Crippen LogP) is 8.25. The lowest BCUT2D eigenvalue weighted by molar-refractivity contribution is 0.0631. The quantitative estimate of drug-likeness (QED) is 0.413. The average molecular weight is 457 g/mol. The summed E-state index contributed by atoms with van der Waals surface area (Å²) in [6.07, 6.45) is 18.2. The first-order valence-corrected chi connectivity index (χ1v) is 13.5. The van der Waals surface area contributed by atoms with Gasteiger partial charge in [-0.1, -0.05) is 72.5 Å². The molecule has 0 bridgehead atoms. The van der Waals surface area contributed by atoms with E-state index in [4.69, 9.17) is 16.3 Å². The van der Waals surface area contributed by atoms with Crippen molar-refractivity contribution in [3.8, 4) is 5.75 Å². The van der Waals surface area contributed by atoms with E-state index in [-0.39, 0.29) is 11.5 Å². The number of fused-ring (bicyclic) bond motifs is 6. The van der Waals surface area contributed by atoms with Gasteiger partial charge in [0.1, 0.15) is 11.9 Å². The van der Waals surface area contributed by atoms with Crippen molar-refractivity contribution in [2.45, 2.75) is 68.8 Å². The topological polar surface area (TPSA) is 9.23 Å². The average Bonchev–Trinajstić information content (AvgIpc) is 3.38. The van der Waals surface area contributed by atoms with E-state index in [1.54, 1.807) is 5.56 Å². The smallest absolute Gasteiger partial charge is 0.124 e. The van der Waals surface area contributed by atoms with E-state index in [0.717, 1.165) is 29.0 Å². The lowest BCUT2D eigenvalue weighted by Crippen LogP contribution is -2.50. The zero-order valence-electron chi connectivity index (χ0n) is 19.3. The van der Waals surface area contributed by atoms with E-state index in [9.17, 15) is 0 Å². The van der Waals surface area contributed by atoms with Crippen LogP contribution in [-0.4, -0.2) is 6.10 Å². The molecule has 0 saturated heterocycles. The highest BCUT2D eigenvalue weighted by Gasteiger charge is 2.64. The minimum atomic E-state index is 0.136. The normalized spacial score (nSPS) is 38.5. The molecular formula is C31H33ClO. The Labute approximate surface area is 202 Å². The van der Waals surface area contributed by atoms with E-state index in [1.807, 2.05) is 11.6 Å². The van der Waals surface area contributed by atoms with Crippen molar-refractivity contribution < 1.29 is 4.74 Å². The Kier molecular flexibility index (Phi) is 4.80. The van der Waals surface area contributed by atoms with Gasteiger partial charge in [-0.3, -0.25) is 0 Å². The summed E-state index contributed by atoms with van der Waals surface area (Å²) in [7, 11) is 0. The molecule has 0 spiro atoms. The summed E-state index contributed by atoms with van der Waals surface area (Å²) in [6, 6.07) is 18.0. The lowest BCUT2D eigenvalue weighted by Gasteiger charge is -2.52. The summed E-state index contributed by atoms with van der Waals surface area (Å²) in [5.41, 5.74) is 4.94. The number of ether oxygens (including phenoxy) is 1. The molecule has 7 rings (SSSR count). The number of benzene rings is 2. The van der Waals surface area contributed by atoms with Gasteiger partial charge in [-0.05, 0) is 92.0 Å². The number of hydrogen-bond donors (Lipinski definition) is 0. The molecule has 1 heterocycles. The molecule has 2 aromatic carbocycles. The SMILES string of the molecule is Clc1ccc2c(c1)C1C(C=CCC1C1(c3ccccc3)C3CCCC=C3[C@@H]3CCCCC31)O2. The summed E-state index contributed by atoms with van der Waals surface area (Å²) in [6.45, 7) is 0. The maximum absolute atomic E-state index is 6.55. The number of allylic oxidation sites excluding steroid dienone is 3. The summed E-state index contributed by atoms with van der Waals surface area (Å²) >= 11 is 6.55. The fourth-order valence-corrected chi connectivity index (χ4v) is 9.14. The zero-order valence-corrected chi connectivity index (χ0v) is 20.0. The molecule has 2 fully saturated rings. The van der Waals surface area contributed by atoms with Crippen molar-refractivity contribution in [2.75, 3.05) is 0 Å². The summed E-state index contributed by atoms with van der Waals surface area (Å²) < 4.78 is 6.55. The molecule has 6 unspecified atom stereocenters. The Balaban J connectivity index is 1.47. The van der Waals surface area contributed by atoms with Crippen molar-refractivity contribution in [3.63, 3.8) is 0 Å². The van der Waals surface area contributed by atoms with Gasteiger partial charge in [0, 0.05) is 21.9 Å². The molecule has 2 heteroatoms. The molecule has 0 aromatic heterocycles. The minimum Gasteiger partial charge on any atom is -0.485 e. The molecular weight excluding hydrogens is 424 g/mol. The van der Waals surface area contributed by atoms with Gasteiger partial charge in [0.25, 0.3) is 0 Å². The molecule has 1 aliphatic heterocycles. The largest absolute Gasteiger partial charge is 0.485 e. The third-order valence-corrected chi connectivity index (χ3v) is 10.1. The molecule has 33 heavy (non-hydrogen) atoms. The zero-order chi connectivity index (χ0) is 22.0. The Morgan fingerprint density at radius 2 is 1.79 bits per heavy atom. The minimum absolute atomic E-state index is 0.136. The summed E-state index contributed by atoms with van der Waals surface area (Å²) in [5, 5.41) is 0.834. The molecule has 0 radical (unpaired) electrons. The van der Waals surface area contributed by atoms with Crippen LogP contribution in [0, 0.1) is 23.7 Å². The maximum atomic E-state index is 6.55. The van der Waals surface area contributed by atoms with Gasteiger partial charge >= 0.3 is 0 Å². The summed E-state index contributed by atoms with van der Waals surface area (Å²) in [4.78, 5) is 0. The molecule has 1 nitrogen and oxygen atoms in total. The molecule has 0 N–H and O–H groups in total. The summed E-state index contributed by atoms with van der Waals surface area (Å²) in [5.74, 6) is 4.15. The standard InChI is InChI=1S/C31H33ClO/c32-21-17-18-28-24(19-21)30-27(15-8-16-29(30)33-28)31(20-9-2-1-3-10-20)25-13-6-4-11-22(25)23-12-5-7-14-26(23)31/h1-3,8-11,16-19,23,25-27,29-30H,4-7,12-15H2/t23-,25?,26?,27?,29?,30?,31?/m0/s1. The van der Waals surface area contributed by atoms with Crippen LogP contribution >= 0.6 is 11.6 Å². The van der Waals surface area contributed by atoms with Crippen LogP contribution in [0.4, 0.5) is 0 Å². The first kappa shape index (κ1) is 20.4. The molecule has 7 atom stereocenters. The highest BCUT2D eigenvalue weighted by Crippen LogP contribution is 2.69. The third kappa shape index (κ3) is 2.84. The van der Waals surface area contributed by atoms with Crippen LogP contribution in [-0.2, 0) is 5.41 Å².